The Balaban J connectivity index is 2.79. The fourth-order valence-corrected chi connectivity index (χ4v) is 1.88. The molecule has 0 spiro atoms. The Hall–Kier alpha value is -0.940. The Morgan fingerprint density at radius 3 is 2.79 bits per heavy atom. The summed E-state index contributed by atoms with van der Waals surface area (Å²) in [6.07, 6.45) is 0.463. The van der Waals surface area contributed by atoms with Crippen LogP contribution < -0.4 is 5.32 Å². The lowest BCUT2D eigenvalue weighted by atomic mass is 10.0. The molecule has 1 aliphatic heterocycles. The van der Waals surface area contributed by atoms with Gasteiger partial charge >= 0.3 is 6.03 Å². The molecule has 1 aliphatic rings. The minimum Gasteiger partial charge on any atom is -0.396 e. The highest BCUT2D eigenvalue weighted by Crippen LogP contribution is 2.23. The first-order chi connectivity index (χ1) is 8.90. The second-order valence-electron chi connectivity index (χ2n) is 4.55. The fourth-order valence-electron chi connectivity index (χ4n) is 1.65. The van der Waals surface area contributed by atoms with Crippen LogP contribution in [0.25, 0.3) is 0 Å². The Kier molecular flexibility index (Phi) is 5.94. The quantitative estimate of drug-likeness (QED) is 0.625. The number of hydrogen-bond acceptors (Lipinski definition) is 4. The number of urea groups is 1. The molecule has 2 amide bonds. The van der Waals surface area contributed by atoms with Gasteiger partial charge < -0.3 is 20.3 Å². The Morgan fingerprint density at radius 2 is 2.26 bits per heavy atom. The van der Waals surface area contributed by atoms with E-state index in [-0.39, 0.29) is 25.0 Å². The van der Waals surface area contributed by atoms with Crippen molar-refractivity contribution >= 4 is 15.3 Å². The van der Waals surface area contributed by atoms with Gasteiger partial charge in [-0.1, -0.05) is 13.5 Å². The van der Waals surface area contributed by atoms with Crippen LogP contribution in [0.3, 0.4) is 0 Å². The molecule has 7 heteroatoms. The summed E-state index contributed by atoms with van der Waals surface area (Å²) in [5.74, 6) is -0.278. The fraction of sp³-hybridized carbons (Fsp3) is 0.583. The molecule has 108 valence electrons. The number of carbonyl (C=O) groups is 1. The van der Waals surface area contributed by atoms with Crippen LogP contribution in [0.2, 0.25) is 0 Å². The van der Waals surface area contributed by atoms with Crippen LogP contribution in [0.5, 0.6) is 0 Å². The molecule has 3 N–H and O–H groups in total. The van der Waals surface area contributed by atoms with Gasteiger partial charge in [0.05, 0.1) is 6.10 Å². The van der Waals surface area contributed by atoms with E-state index in [4.69, 9.17) is 9.84 Å². The van der Waals surface area contributed by atoms with Gasteiger partial charge in [0.1, 0.15) is 6.23 Å². The predicted molar refractivity (Wildman–Crippen MR) is 75.0 cm³/mol. The van der Waals surface area contributed by atoms with Crippen LogP contribution in [0.15, 0.2) is 23.8 Å². The molecule has 0 fully saturated rings. The molecule has 0 bridgehead atoms. The third-order valence-corrected chi connectivity index (χ3v) is 3.59. The average molecular weight is 288 g/mol. The highest BCUT2D eigenvalue weighted by molar-refractivity contribution is 7.23. The van der Waals surface area contributed by atoms with Crippen molar-refractivity contribution < 1.29 is 19.7 Å². The van der Waals surface area contributed by atoms with Crippen molar-refractivity contribution in [3.8, 4) is 0 Å². The SMILES string of the molecule is C=C1NC(=O)N(C(CC(O)C(C)CO)OC)C=C1P. The zero-order chi connectivity index (χ0) is 14.6. The summed E-state index contributed by atoms with van der Waals surface area (Å²) in [6, 6.07) is -0.355. The van der Waals surface area contributed by atoms with Crippen molar-refractivity contribution in [2.75, 3.05) is 13.7 Å². The van der Waals surface area contributed by atoms with E-state index in [2.05, 4.69) is 21.1 Å². The first kappa shape index (κ1) is 16.1. The number of carbonyl (C=O) groups excluding carboxylic acids is 1. The first-order valence-electron chi connectivity index (χ1n) is 5.98. The number of allylic oxidation sites excluding steroid dienone is 1. The van der Waals surface area contributed by atoms with Crippen molar-refractivity contribution in [1.29, 1.82) is 0 Å². The molecule has 0 aliphatic carbocycles. The minimum atomic E-state index is -0.755. The molecule has 4 atom stereocenters. The Morgan fingerprint density at radius 1 is 1.63 bits per heavy atom. The number of methoxy groups -OCH3 is 1. The zero-order valence-electron chi connectivity index (χ0n) is 11.2. The van der Waals surface area contributed by atoms with Gasteiger partial charge in [-0.2, -0.15) is 0 Å². The van der Waals surface area contributed by atoms with Gasteiger partial charge in [-0.15, -0.1) is 9.24 Å². The molecule has 0 radical (unpaired) electrons. The van der Waals surface area contributed by atoms with Crippen molar-refractivity contribution in [2.45, 2.75) is 25.7 Å². The van der Waals surface area contributed by atoms with Crippen LogP contribution >= 0.6 is 9.24 Å². The maximum atomic E-state index is 11.9. The van der Waals surface area contributed by atoms with Crippen LogP contribution in [0.1, 0.15) is 13.3 Å². The third kappa shape index (κ3) is 4.01. The van der Waals surface area contributed by atoms with Crippen molar-refractivity contribution in [3.05, 3.63) is 23.8 Å². The van der Waals surface area contributed by atoms with E-state index < -0.39 is 12.3 Å². The molecule has 0 aromatic carbocycles. The summed E-state index contributed by atoms with van der Waals surface area (Å²) in [5.41, 5.74) is 0.519. The van der Waals surface area contributed by atoms with E-state index in [1.165, 1.54) is 12.0 Å². The molecule has 4 unspecified atom stereocenters. The molecule has 1 heterocycles. The number of aliphatic hydroxyl groups is 2. The number of aliphatic hydroxyl groups excluding tert-OH is 2. The summed E-state index contributed by atoms with van der Waals surface area (Å²) < 4.78 is 5.25. The molecule has 19 heavy (non-hydrogen) atoms. The summed E-state index contributed by atoms with van der Waals surface area (Å²) in [5, 5.41) is 22.3. The van der Waals surface area contributed by atoms with E-state index in [0.29, 0.717) is 5.70 Å². The average Bonchev–Trinajstić information content (AvgIpc) is 2.39. The van der Waals surface area contributed by atoms with E-state index in [1.54, 1.807) is 13.1 Å². The molecule has 0 aromatic heterocycles. The maximum Gasteiger partial charge on any atom is 0.328 e. The van der Waals surface area contributed by atoms with E-state index >= 15 is 0 Å². The summed E-state index contributed by atoms with van der Waals surface area (Å²) in [7, 11) is 3.94. The molecule has 6 nitrogen and oxygen atoms in total. The number of nitrogens with zero attached hydrogens (tertiary/aromatic N) is 1. The topological polar surface area (TPSA) is 82.0 Å². The van der Waals surface area contributed by atoms with E-state index in [0.717, 1.165) is 5.31 Å². The standard InChI is InChI=1S/C12H21N2O4P/c1-7(6-15)9(16)4-11(18-3)14-5-10(19)8(2)13-12(14)17/h5,7,9,11,15-16H,2,4,6,19H2,1,3H3,(H,13,17). The highest BCUT2D eigenvalue weighted by atomic mass is 31.0. The molecule has 0 saturated carbocycles. The summed E-state index contributed by atoms with van der Waals surface area (Å²) >= 11 is 0. The van der Waals surface area contributed by atoms with Gasteiger partial charge in [0, 0.05) is 43.3 Å². The molecule has 0 aromatic rings. The lowest BCUT2D eigenvalue weighted by Gasteiger charge is -2.33. The summed E-state index contributed by atoms with van der Waals surface area (Å²) in [6.45, 7) is 5.31. The third-order valence-electron chi connectivity index (χ3n) is 3.09. The second-order valence-corrected chi connectivity index (χ2v) is 5.18. The number of hydrogen-bond donors (Lipinski definition) is 3. The van der Waals surface area contributed by atoms with Crippen molar-refractivity contribution in [3.63, 3.8) is 0 Å². The summed E-state index contributed by atoms with van der Waals surface area (Å²) in [4.78, 5) is 13.2. The van der Waals surface area contributed by atoms with Crippen LogP contribution in [-0.4, -0.2) is 47.2 Å². The zero-order valence-corrected chi connectivity index (χ0v) is 12.3. The van der Waals surface area contributed by atoms with Crippen molar-refractivity contribution in [1.82, 2.24) is 10.2 Å². The largest absolute Gasteiger partial charge is 0.396 e. The van der Waals surface area contributed by atoms with Crippen LogP contribution in [0.4, 0.5) is 4.79 Å². The number of rotatable bonds is 6. The van der Waals surface area contributed by atoms with E-state index in [9.17, 15) is 9.90 Å². The monoisotopic (exact) mass is 288 g/mol. The smallest absolute Gasteiger partial charge is 0.328 e. The predicted octanol–water partition coefficient (Wildman–Crippen LogP) is 0.594. The molecular formula is C12H21N2O4P. The van der Waals surface area contributed by atoms with Gasteiger partial charge in [0.25, 0.3) is 0 Å². The lowest BCUT2D eigenvalue weighted by Crippen LogP contribution is -2.47. The highest BCUT2D eigenvalue weighted by Gasteiger charge is 2.29. The van der Waals surface area contributed by atoms with Gasteiger partial charge in [-0.3, -0.25) is 4.90 Å². The van der Waals surface area contributed by atoms with Crippen LogP contribution in [0, 0.1) is 5.92 Å². The van der Waals surface area contributed by atoms with Gasteiger partial charge in [-0.25, -0.2) is 4.79 Å². The Labute approximate surface area is 115 Å². The first-order valence-corrected chi connectivity index (χ1v) is 6.56. The molecule has 1 rings (SSSR count). The van der Waals surface area contributed by atoms with Gasteiger partial charge in [0.2, 0.25) is 0 Å². The van der Waals surface area contributed by atoms with Crippen molar-refractivity contribution in [2.24, 2.45) is 5.92 Å². The molecular weight excluding hydrogens is 267 g/mol. The maximum absolute atomic E-state index is 11.9. The minimum absolute atomic E-state index is 0.120. The number of amides is 2. The Bertz CT molecular complexity index is 386. The van der Waals surface area contributed by atoms with E-state index in [1.807, 2.05) is 0 Å². The van der Waals surface area contributed by atoms with Gasteiger partial charge in [0.15, 0.2) is 0 Å². The number of nitrogens with one attached hydrogen (secondary N) is 1. The normalized spacial score (nSPS) is 20.7. The van der Waals surface area contributed by atoms with Gasteiger partial charge in [-0.05, 0) is 0 Å². The van der Waals surface area contributed by atoms with Crippen LogP contribution in [-0.2, 0) is 4.74 Å². The second kappa shape index (κ2) is 7.01. The molecule has 0 saturated heterocycles. The lowest BCUT2D eigenvalue weighted by molar-refractivity contribution is -0.0376. The number of ether oxygens (including phenoxy) is 1.